The van der Waals surface area contributed by atoms with E-state index in [9.17, 15) is 30.3 Å². The number of rotatable bonds is 56. The van der Waals surface area contributed by atoms with Crippen molar-refractivity contribution in [3.63, 3.8) is 0 Å². The molecule has 1 aliphatic rings. The molecule has 1 saturated heterocycles. The Morgan fingerprint density at radius 2 is 0.781 bits per heavy atom. The summed E-state index contributed by atoms with van der Waals surface area (Å²) < 4.78 is 11.3. The summed E-state index contributed by atoms with van der Waals surface area (Å²) in [4.78, 5) is 13.1. The van der Waals surface area contributed by atoms with Crippen molar-refractivity contribution in [3.8, 4) is 0 Å². The van der Waals surface area contributed by atoms with E-state index in [0.717, 1.165) is 38.5 Å². The summed E-state index contributed by atoms with van der Waals surface area (Å²) in [7, 11) is 0. The zero-order chi connectivity index (χ0) is 52.9. The van der Waals surface area contributed by atoms with Crippen molar-refractivity contribution in [1.82, 2.24) is 5.32 Å². The van der Waals surface area contributed by atoms with Crippen LogP contribution in [0.15, 0.2) is 24.3 Å². The van der Waals surface area contributed by atoms with Crippen molar-refractivity contribution in [2.45, 2.75) is 365 Å². The van der Waals surface area contributed by atoms with Gasteiger partial charge in [-0.3, -0.25) is 4.79 Å². The van der Waals surface area contributed by atoms with Crippen LogP contribution in [0.5, 0.6) is 0 Å². The highest BCUT2D eigenvalue weighted by Gasteiger charge is 2.44. The molecule has 1 heterocycles. The minimum Gasteiger partial charge on any atom is -0.394 e. The molecule has 0 radical (unpaired) electrons. The van der Waals surface area contributed by atoms with Gasteiger partial charge in [-0.25, -0.2) is 0 Å². The topological polar surface area (TPSA) is 149 Å². The Labute approximate surface area is 451 Å². The maximum Gasteiger partial charge on any atom is 0.220 e. The molecule has 0 aromatic carbocycles. The quantitative estimate of drug-likeness (QED) is 0.0261. The van der Waals surface area contributed by atoms with Crippen LogP contribution in [0.25, 0.3) is 0 Å². The summed E-state index contributed by atoms with van der Waals surface area (Å²) in [6.07, 6.45) is 62.8. The fourth-order valence-electron chi connectivity index (χ4n) is 10.5. The first-order valence-corrected chi connectivity index (χ1v) is 32.1. The van der Waals surface area contributed by atoms with E-state index >= 15 is 0 Å². The van der Waals surface area contributed by atoms with Crippen molar-refractivity contribution in [2.24, 2.45) is 0 Å². The second kappa shape index (κ2) is 54.0. The van der Waals surface area contributed by atoms with Crippen LogP contribution in [0, 0.1) is 0 Å². The standard InChI is InChI=1S/C64H123NO8/c1-3-5-7-9-11-13-15-17-19-21-22-23-24-25-26-27-28-29-30-31-32-33-34-35-36-38-39-41-43-45-47-49-51-53-58(67)57(56-72-64-63(71)62(70)61(69)59(55-66)73-64)65-60(68)54-52-50-48-46-44-42-40-37-20-18-16-14-12-10-8-6-4-2/h43,45,51,53,57-59,61-64,66-67,69-71H,3-42,44,46-50,52,54-56H2,1-2H3,(H,65,68)/b45-43+,53-51+. The molecule has 0 bridgehead atoms. The summed E-state index contributed by atoms with van der Waals surface area (Å²) >= 11 is 0. The van der Waals surface area contributed by atoms with Crippen LogP contribution < -0.4 is 5.32 Å². The minimum absolute atomic E-state index is 0.181. The molecule has 1 aliphatic heterocycles. The Kier molecular flexibility index (Phi) is 51.6. The van der Waals surface area contributed by atoms with E-state index in [1.165, 1.54) is 263 Å². The lowest BCUT2D eigenvalue weighted by Gasteiger charge is -2.40. The molecule has 7 atom stereocenters. The van der Waals surface area contributed by atoms with Gasteiger partial charge in [0, 0.05) is 6.42 Å². The number of aliphatic hydroxyl groups is 5. The molecule has 9 nitrogen and oxygen atoms in total. The molecule has 1 amide bonds. The molecule has 0 aromatic rings. The molecular weight excluding hydrogens is 911 g/mol. The molecule has 432 valence electrons. The van der Waals surface area contributed by atoms with E-state index in [0.29, 0.717) is 6.42 Å². The monoisotopic (exact) mass is 1030 g/mol. The lowest BCUT2D eigenvalue weighted by molar-refractivity contribution is -0.302. The van der Waals surface area contributed by atoms with E-state index in [4.69, 9.17) is 9.47 Å². The zero-order valence-corrected chi connectivity index (χ0v) is 48.2. The first-order chi connectivity index (χ1) is 35.8. The molecule has 0 spiro atoms. The second-order valence-electron chi connectivity index (χ2n) is 22.6. The van der Waals surface area contributed by atoms with E-state index in [2.05, 4.69) is 31.3 Å². The Morgan fingerprint density at radius 1 is 0.452 bits per heavy atom. The highest BCUT2D eigenvalue weighted by molar-refractivity contribution is 5.76. The SMILES string of the molecule is CCCCCCCCCCCCCCCCCCCCCCCCCCCCC/C=C/CC/C=C/C(O)C(COC1OC(CO)C(O)C(O)C1O)NC(=O)CCCCCCCCCCCCCCCCCCC. The van der Waals surface area contributed by atoms with Crippen LogP contribution in [-0.4, -0.2) is 87.5 Å². The van der Waals surface area contributed by atoms with Crippen molar-refractivity contribution in [1.29, 1.82) is 0 Å². The number of hydrogen-bond donors (Lipinski definition) is 6. The number of carbonyl (C=O) groups excluding carboxylic acids is 1. The first kappa shape index (κ1) is 69.7. The third-order valence-corrected chi connectivity index (χ3v) is 15.5. The van der Waals surface area contributed by atoms with Gasteiger partial charge in [0.1, 0.15) is 24.4 Å². The number of unbranched alkanes of at least 4 members (excludes halogenated alkanes) is 44. The molecule has 73 heavy (non-hydrogen) atoms. The molecule has 9 heteroatoms. The van der Waals surface area contributed by atoms with Crippen molar-refractivity contribution >= 4 is 5.91 Å². The lowest BCUT2D eigenvalue weighted by atomic mass is 9.99. The number of hydrogen-bond acceptors (Lipinski definition) is 8. The number of allylic oxidation sites excluding steroid dienone is 3. The van der Waals surface area contributed by atoms with Crippen LogP contribution in [-0.2, 0) is 14.3 Å². The molecule has 0 saturated carbocycles. The second-order valence-corrected chi connectivity index (χ2v) is 22.6. The molecule has 0 aliphatic carbocycles. The summed E-state index contributed by atoms with van der Waals surface area (Å²) in [5.74, 6) is -0.181. The number of ether oxygens (including phenoxy) is 2. The van der Waals surface area contributed by atoms with Gasteiger partial charge in [0.2, 0.25) is 5.91 Å². The van der Waals surface area contributed by atoms with Gasteiger partial charge in [-0.15, -0.1) is 0 Å². The molecule has 1 rings (SSSR count). The number of carbonyl (C=O) groups is 1. The fraction of sp³-hybridized carbons (Fsp3) is 0.922. The van der Waals surface area contributed by atoms with Gasteiger partial charge in [0.15, 0.2) is 6.29 Å². The Hall–Kier alpha value is -1.33. The molecule has 1 fully saturated rings. The van der Waals surface area contributed by atoms with E-state index < -0.39 is 49.5 Å². The lowest BCUT2D eigenvalue weighted by Crippen LogP contribution is -2.60. The highest BCUT2D eigenvalue weighted by Crippen LogP contribution is 2.23. The van der Waals surface area contributed by atoms with Gasteiger partial charge in [-0.1, -0.05) is 308 Å². The van der Waals surface area contributed by atoms with E-state index in [-0.39, 0.29) is 12.5 Å². The van der Waals surface area contributed by atoms with Crippen LogP contribution in [0.2, 0.25) is 0 Å². The summed E-state index contributed by atoms with van der Waals surface area (Å²) in [5, 5.41) is 54.6. The number of aliphatic hydroxyl groups excluding tert-OH is 5. The van der Waals surface area contributed by atoms with E-state index in [1.807, 2.05) is 6.08 Å². The van der Waals surface area contributed by atoms with Crippen molar-refractivity contribution in [2.75, 3.05) is 13.2 Å². The Balaban J connectivity index is 2.14. The average molecular weight is 1030 g/mol. The van der Waals surface area contributed by atoms with Gasteiger partial charge in [-0.05, 0) is 32.1 Å². The van der Waals surface area contributed by atoms with Crippen LogP contribution in [0.4, 0.5) is 0 Å². The highest BCUT2D eigenvalue weighted by atomic mass is 16.7. The largest absolute Gasteiger partial charge is 0.394 e. The Morgan fingerprint density at radius 3 is 1.15 bits per heavy atom. The summed E-state index contributed by atoms with van der Waals surface area (Å²) in [6, 6.07) is -0.819. The molecule has 6 N–H and O–H groups in total. The van der Waals surface area contributed by atoms with Crippen molar-refractivity contribution < 1.29 is 39.8 Å². The molecule has 7 unspecified atom stereocenters. The average Bonchev–Trinajstić information content (AvgIpc) is 3.39. The molecular formula is C64H123NO8. The third-order valence-electron chi connectivity index (χ3n) is 15.5. The maximum atomic E-state index is 13.1. The van der Waals surface area contributed by atoms with Crippen molar-refractivity contribution in [3.05, 3.63) is 24.3 Å². The van der Waals surface area contributed by atoms with Gasteiger partial charge in [0.25, 0.3) is 0 Å². The minimum atomic E-state index is -1.57. The van der Waals surface area contributed by atoms with Gasteiger partial charge in [0.05, 0.1) is 25.4 Å². The van der Waals surface area contributed by atoms with Gasteiger partial charge in [-0.2, -0.15) is 0 Å². The van der Waals surface area contributed by atoms with Gasteiger partial charge < -0.3 is 40.3 Å². The van der Waals surface area contributed by atoms with Gasteiger partial charge >= 0.3 is 0 Å². The van der Waals surface area contributed by atoms with Crippen LogP contribution >= 0.6 is 0 Å². The fourth-order valence-corrected chi connectivity index (χ4v) is 10.5. The molecule has 0 aromatic heterocycles. The van der Waals surface area contributed by atoms with Crippen LogP contribution in [0.1, 0.15) is 322 Å². The number of amides is 1. The van der Waals surface area contributed by atoms with E-state index in [1.54, 1.807) is 6.08 Å². The summed E-state index contributed by atoms with van der Waals surface area (Å²) in [5.41, 5.74) is 0. The predicted octanol–water partition coefficient (Wildman–Crippen LogP) is 16.5. The normalized spacial score (nSPS) is 19.1. The maximum absolute atomic E-state index is 13.1. The first-order valence-electron chi connectivity index (χ1n) is 32.1. The predicted molar refractivity (Wildman–Crippen MR) is 309 cm³/mol. The Bertz CT molecular complexity index is 1200. The number of nitrogens with one attached hydrogen (secondary N) is 1. The van der Waals surface area contributed by atoms with Crippen LogP contribution in [0.3, 0.4) is 0 Å². The summed E-state index contributed by atoms with van der Waals surface area (Å²) in [6.45, 7) is 3.81. The zero-order valence-electron chi connectivity index (χ0n) is 48.2. The smallest absolute Gasteiger partial charge is 0.220 e. The third kappa shape index (κ3) is 43.4.